The molecule has 1 atom stereocenters. The van der Waals surface area contributed by atoms with E-state index in [0.29, 0.717) is 13.1 Å². The van der Waals surface area contributed by atoms with Crippen molar-refractivity contribution in [3.63, 3.8) is 0 Å². The van der Waals surface area contributed by atoms with Gasteiger partial charge in [-0.15, -0.1) is 0 Å². The van der Waals surface area contributed by atoms with Gasteiger partial charge in [0.05, 0.1) is 16.4 Å². The van der Waals surface area contributed by atoms with Crippen LogP contribution in [0.4, 0.5) is 8.78 Å². The summed E-state index contributed by atoms with van der Waals surface area (Å²) in [6.07, 6.45) is 0. The normalized spacial score (nSPS) is 17.9. The van der Waals surface area contributed by atoms with Crippen molar-refractivity contribution in [1.82, 2.24) is 9.21 Å². The number of benzene rings is 2. The largest absolute Gasteiger partial charge is 0.435 e. The van der Waals surface area contributed by atoms with Gasteiger partial charge in [-0.3, -0.25) is 4.79 Å². The standard InChI is InChI=1S/C24H26F2N2O5S/c1-24(2,30)21(16-6-4-3-5-7-16)22(29)27-12-17-14-28(15-18(17)13-27)34(31,32)20-10-8-19(9-11-20)33-23(25)26/h3-11,21,23,30H,12-15H2,1-2H3/t21-/m1/s1. The molecule has 2 aromatic carbocycles. The van der Waals surface area contributed by atoms with Crippen LogP contribution in [0, 0.1) is 0 Å². The summed E-state index contributed by atoms with van der Waals surface area (Å²) in [6, 6.07) is 14.0. The zero-order valence-corrected chi connectivity index (χ0v) is 19.6. The maximum Gasteiger partial charge on any atom is 0.387 e. The van der Waals surface area contributed by atoms with Crippen LogP contribution in [0.2, 0.25) is 0 Å². The van der Waals surface area contributed by atoms with Crippen LogP contribution in [0.1, 0.15) is 25.3 Å². The van der Waals surface area contributed by atoms with Crippen LogP contribution in [0.25, 0.3) is 0 Å². The summed E-state index contributed by atoms with van der Waals surface area (Å²) in [5.41, 5.74) is 1.16. The number of sulfonamides is 1. The van der Waals surface area contributed by atoms with E-state index in [4.69, 9.17) is 0 Å². The molecule has 34 heavy (non-hydrogen) atoms. The van der Waals surface area contributed by atoms with Crippen molar-refractivity contribution in [1.29, 1.82) is 0 Å². The van der Waals surface area contributed by atoms with E-state index < -0.39 is 28.2 Å². The van der Waals surface area contributed by atoms with Gasteiger partial charge in [0.1, 0.15) is 5.75 Å². The predicted octanol–water partition coefficient (Wildman–Crippen LogP) is 2.99. The second kappa shape index (κ2) is 9.09. The number of halogens is 2. The summed E-state index contributed by atoms with van der Waals surface area (Å²) < 4.78 is 56.3. The van der Waals surface area contributed by atoms with Crippen LogP contribution < -0.4 is 4.74 Å². The molecule has 0 fully saturated rings. The molecule has 1 N–H and O–H groups in total. The number of aliphatic hydroxyl groups is 1. The van der Waals surface area contributed by atoms with Gasteiger partial charge >= 0.3 is 6.61 Å². The van der Waals surface area contributed by atoms with Crippen molar-refractivity contribution in [3.8, 4) is 5.75 Å². The lowest BCUT2D eigenvalue weighted by Crippen LogP contribution is -2.44. The molecular weight excluding hydrogens is 466 g/mol. The number of nitrogens with zero attached hydrogens (tertiary/aromatic N) is 2. The van der Waals surface area contributed by atoms with Gasteiger partial charge in [-0.05, 0) is 54.8 Å². The fourth-order valence-electron chi connectivity index (χ4n) is 4.49. The number of amides is 1. The van der Waals surface area contributed by atoms with E-state index in [-0.39, 0.29) is 29.6 Å². The highest BCUT2D eigenvalue weighted by molar-refractivity contribution is 7.89. The van der Waals surface area contributed by atoms with Crippen LogP contribution in [-0.2, 0) is 14.8 Å². The molecule has 0 aliphatic carbocycles. The number of hydrogen-bond acceptors (Lipinski definition) is 5. The third-order valence-corrected chi connectivity index (χ3v) is 7.89. The van der Waals surface area contributed by atoms with Crippen LogP contribution in [0.5, 0.6) is 5.75 Å². The molecule has 0 saturated heterocycles. The Bertz CT molecular complexity index is 1170. The van der Waals surface area contributed by atoms with E-state index in [1.165, 1.54) is 28.6 Å². The zero-order chi connectivity index (χ0) is 24.7. The number of ether oxygens (including phenoxy) is 1. The minimum absolute atomic E-state index is 0.0191. The first-order chi connectivity index (χ1) is 16.0. The van der Waals surface area contributed by atoms with Gasteiger partial charge in [0, 0.05) is 26.2 Å². The molecule has 0 aromatic heterocycles. The molecule has 1 amide bonds. The lowest BCUT2D eigenvalue weighted by atomic mass is 9.83. The third-order valence-electron chi connectivity index (χ3n) is 6.08. The first-order valence-corrected chi connectivity index (χ1v) is 12.2. The Hall–Kier alpha value is -2.82. The smallest absolute Gasteiger partial charge is 0.387 e. The minimum Gasteiger partial charge on any atom is -0.435 e. The Balaban J connectivity index is 1.44. The van der Waals surface area contributed by atoms with E-state index >= 15 is 0 Å². The Kier molecular flexibility index (Phi) is 6.50. The Labute approximate surface area is 197 Å². The quantitative estimate of drug-likeness (QED) is 0.601. The molecule has 10 heteroatoms. The van der Waals surface area contributed by atoms with Crippen LogP contribution >= 0.6 is 0 Å². The average Bonchev–Trinajstić information content (AvgIpc) is 3.33. The third kappa shape index (κ3) is 4.84. The minimum atomic E-state index is -3.84. The molecule has 2 aromatic rings. The SMILES string of the molecule is CC(C)(O)[C@@H](C(=O)N1CC2=C(C1)CN(S(=O)(=O)c1ccc(OC(F)F)cc1)C2)c1ccccc1. The highest BCUT2D eigenvalue weighted by Crippen LogP contribution is 2.35. The highest BCUT2D eigenvalue weighted by atomic mass is 32.2. The highest BCUT2D eigenvalue weighted by Gasteiger charge is 2.42. The summed E-state index contributed by atoms with van der Waals surface area (Å²) in [4.78, 5) is 15.0. The first-order valence-electron chi connectivity index (χ1n) is 10.8. The molecule has 2 aliphatic heterocycles. The van der Waals surface area contributed by atoms with Crippen LogP contribution in [0.3, 0.4) is 0 Å². The summed E-state index contributed by atoms with van der Waals surface area (Å²) in [6.45, 7) is 1.10. The Morgan fingerprint density at radius 3 is 2.03 bits per heavy atom. The van der Waals surface area contributed by atoms with Gasteiger partial charge in [-0.1, -0.05) is 30.3 Å². The second-order valence-electron chi connectivity index (χ2n) is 9.02. The maximum absolute atomic E-state index is 13.4. The predicted molar refractivity (Wildman–Crippen MR) is 121 cm³/mol. The molecule has 0 radical (unpaired) electrons. The van der Waals surface area contributed by atoms with Crippen LogP contribution in [0.15, 0.2) is 70.6 Å². The van der Waals surface area contributed by atoms with Crippen LogP contribution in [-0.4, -0.2) is 67.0 Å². The summed E-state index contributed by atoms with van der Waals surface area (Å²) >= 11 is 0. The Morgan fingerprint density at radius 2 is 1.53 bits per heavy atom. The summed E-state index contributed by atoms with van der Waals surface area (Å²) in [7, 11) is -3.84. The Morgan fingerprint density at radius 1 is 0.971 bits per heavy atom. The summed E-state index contributed by atoms with van der Waals surface area (Å²) in [5.74, 6) is -1.08. The molecule has 0 spiro atoms. The molecule has 4 rings (SSSR count). The molecule has 0 unspecified atom stereocenters. The van der Waals surface area contributed by atoms with E-state index in [9.17, 15) is 27.1 Å². The molecule has 0 bridgehead atoms. The monoisotopic (exact) mass is 492 g/mol. The van der Waals surface area contributed by atoms with E-state index in [0.717, 1.165) is 16.7 Å². The van der Waals surface area contributed by atoms with E-state index in [1.807, 2.05) is 30.3 Å². The molecule has 0 saturated carbocycles. The van der Waals surface area contributed by atoms with Gasteiger partial charge in [-0.25, -0.2) is 8.42 Å². The topological polar surface area (TPSA) is 87.2 Å². The number of alkyl halides is 2. The zero-order valence-electron chi connectivity index (χ0n) is 18.8. The molecule has 2 heterocycles. The van der Waals surface area contributed by atoms with E-state index in [1.54, 1.807) is 18.7 Å². The van der Waals surface area contributed by atoms with Gasteiger partial charge < -0.3 is 14.7 Å². The average molecular weight is 493 g/mol. The van der Waals surface area contributed by atoms with Crippen molar-refractivity contribution < 1.29 is 31.8 Å². The van der Waals surface area contributed by atoms with Crippen molar-refractivity contribution in [3.05, 3.63) is 71.3 Å². The van der Waals surface area contributed by atoms with Crippen molar-refractivity contribution in [2.75, 3.05) is 26.2 Å². The first kappa shape index (κ1) is 24.3. The molecule has 7 nitrogen and oxygen atoms in total. The van der Waals surface area contributed by atoms with Gasteiger partial charge in [0.15, 0.2) is 0 Å². The lowest BCUT2D eigenvalue weighted by Gasteiger charge is -2.33. The van der Waals surface area contributed by atoms with Gasteiger partial charge in [-0.2, -0.15) is 13.1 Å². The number of hydrogen-bond donors (Lipinski definition) is 1. The number of carbonyl (C=O) groups excluding carboxylic acids is 1. The molecular formula is C24H26F2N2O5S. The van der Waals surface area contributed by atoms with Crippen molar-refractivity contribution in [2.45, 2.75) is 36.9 Å². The second-order valence-corrected chi connectivity index (χ2v) is 11.0. The van der Waals surface area contributed by atoms with Crippen molar-refractivity contribution in [2.24, 2.45) is 0 Å². The van der Waals surface area contributed by atoms with E-state index in [2.05, 4.69) is 4.74 Å². The van der Waals surface area contributed by atoms with Gasteiger partial charge in [0.2, 0.25) is 15.9 Å². The fraction of sp³-hybridized carbons (Fsp3) is 0.375. The number of rotatable bonds is 7. The molecule has 2 aliphatic rings. The van der Waals surface area contributed by atoms with Gasteiger partial charge in [0.25, 0.3) is 0 Å². The lowest BCUT2D eigenvalue weighted by molar-refractivity contribution is -0.137. The van der Waals surface area contributed by atoms with Crippen molar-refractivity contribution >= 4 is 15.9 Å². The fourth-order valence-corrected chi connectivity index (χ4v) is 5.92. The molecule has 182 valence electrons. The number of carbonyl (C=O) groups is 1. The summed E-state index contributed by atoms with van der Waals surface area (Å²) in [5, 5.41) is 10.7. The maximum atomic E-state index is 13.4.